The normalized spacial score (nSPS) is 19.7. The summed E-state index contributed by atoms with van der Waals surface area (Å²) in [5.74, 6) is 1.90. The summed E-state index contributed by atoms with van der Waals surface area (Å²) in [5, 5.41) is 19.5. The molecule has 1 saturated heterocycles. The van der Waals surface area contributed by atoms with Crippen molar-refractivity contribution in [2.45, 2.75) is 50.9 Å². The predicted octanol–water partition coefficient (Wildman–Crippen LogP) is 1.25. The lowest BCUT2D eigenvalue weighted by molar-refractivity contribution is -0.119. The Bertz CT molecular complexity index is 1140. The number of ether oxygens (including phenoxy) is 1. The van der Waals surface area contributed by atoms with E-state index in [0.717, 1.165) is 40.1 Å². The van der Waals surface area contributed by atoms with E-state index in [0.29, 0.717) is 48.9 Å². The molecule has 32 heavy (non-hydrogen) atoms. The fraction of sp³-hybridized carbons (Fsp3) is 0.565. The largest absolute Gasteiger partial charge is 0.622 e. The fourth-order valence-electron chi connectivity index (χ4n) is 5.10. The van der Waals surface area contributed by atoms with Gasteiger partial charge in [-0.25, -0.2) is 0 Å². The second-order valence-electron chi connectivity index (χ2n) is 8.92. The first-order valence-corrected chi connectivity index (χ1v) is 11.5. The lowest BCUT2D eigenvalue weighted by atomic mass is 9.87. The molecule has 0 aromatic carbocycles. The molecule has 1 saturated carbocycles. The van der Waals surface area contributed by atoms with Gasteiger partial charge < -0.3 is 14.8 Å². The Labute approximate surface area is 187 Å². The van der Waals surface area contributed by atoms with Gasteiger partial charge in [-0.1, -0.05) is 19.3 Å². The van der Waals surface area contributed by atoms with Crippen molar-refractivity contribution in [3.8, 4) is 5.88 Å². The summed E-state index contributed by atoms with van der Waals surface area (Å²) < 4.78 is 8.46. The first-order valence-electron chi connectivity index (χ1n) is 11.5. The van der Waals surface area contributed by atoms with Crippen LogP contribution in [0.4, 0.5) is 11.5 Å². The molecule has 0 radical (unpaired) electrons. The number of aromatic nitrogens is 3. The smallest absolute Gasteiger partial charge is 0.263 e. The minimum atomic E-state index is 0.161. The third kappa shape index (κ3) is 3.69. The minimum absolute atomic E-state index is 0.161. The summed E-state index contributed by atoms with van der Waals surface area (Å²) in [6, 6.07) is 3.87. The van der Waals surface area contributed by atoms with Crippen molar-refractivity contribution in [3.05, 3.63) is 33.7 Å². The molecular formula is C23H30N6O3. The van der Waals surface area contributed by atoms with E-state index in [4.69, 9.17) is 9.84 Å². The third-order valence-corrected chi connectivity index (χ3v) is 6.87. The van der Waals surface area contributed by atoms with Gasteiger partial charge in [0, 0.05) is 45.1 Å². The molecule has 0 spiro atoms. The van der Waals surface area contributed by atoms with Gasteiger partial charge in [-0.3, -0.25) is 14.4 Å². The molecule has 3 aliphatic rings. The van der Waals surface area contributed by atoms with Crippen LogP contribution in [0.25, 0.3) is 6.20 Å². The average Bonchev–Trinajstić information content (AvgIpc) is 3.16. The lowest BCUT2D eigenvalue weighted by Gasteiger charge is -2.28. The SMILES string of the molecule is COc1nc(N2CCC(=O)CC2)ccc1N1C=c2c(c(C3CCCCC3)nn2C)=[N+]([O-])C1. The number of hydrogen-bond acceptors (Lipinski definition) is 7. The van der Waals surface area contributed by atoms with Crippen molar-refractivity contribution in [3.63, 3.8) is 0 Å². The van der Waals surface area contributed by atoms with E-state index in [1.165, 1.54) is 19.3 Å². The first-order chi connectivity index (χ1) is 15.5. The van der Waals surface area contributed by atoms with Gasteiger partial charge >= 0.3 is 0 Å². The van der Waals surface area contributed by atoms with Crippen LogP contribution in [0, 0.1) is 5.21 Å². The second kappa shape index (κ2) is 8.44. The molecule has 2 aliphatic heterocycles. The first kappa shape index (κ1) is 20.8. The van der Waals surface area contributed by atoms with Crippen LogP contribution in [0.1, 0.15) is 56.6 Å². The zero-order valence-electron chi connectivity index (χ0n) is 18.8. The molecule has 0 N–H and O–H groups in total. The van der Waals surface area contributed by atoms with E-state index in [1.54, 1.807) is 7.11 Å². The molecule has 9 nitrogen and oxygen atoms in total. The molecule has 2 fully saturated rings. The molecule has 2 aromatic rings. The van der Waals surface area contributed by atoms with E-state index in [9.17, 15) is 10.0 Å². The van der Waals surface area contributed by atoms with Crippen LogP contribution < -0.4 is 30.0 Å². The van der Waals surface area contributed by atoms with Crippen LogP contribution in [0.3, 0.4) is 0 Å². The summed E-state index contributed by atoms with van der Waals surface area (Å²) in [6.07, 6.45) is 8.93. The number of carbonyl (C=O) groups is 1. The molecule has 9 heteroatoms. The van der Waals surface area contributed by atoms with Gasteiger partial charge in [0.2, 0.25) is 12.5 Å². The van der Waals surface area contributed by atoms with Crippen molar-refractivity contribution in [2.75, 3.05) is 36.7 Å². The number of hydrogen-bond donors (Lipinski definition) is 0. The number of aryl methyl sites for hydroxylation is 1. The topological polar surface area (TPSA) is 89.6 Å². The van der Waals surface area contributed by atoms with Gasteiger partial charge in [-0.2, -0.15) is 14.8 Å². The average molecular weight is 439 g/mol. The maximum Gasteiger partial charge on any atom is 0.263 e. The number of nitrogens with zero attached hydrogens (tertiary/aromatic N) is 6. The third-order valence-electron chi connectivity index (χ3n) is 6.87. The van der Waals surface area contributed by atoms with Gasteiger partial charge in [-0.15, -0.1) is 0 Å². The summed E-state index contributed by atoms with van der Waals surface area (Å²) in [6.45, 7) is 1.50. The number of fused-ring (bicyclic) bond motifs is 1. The van der Waals surface area contributed by atoms with Crippen molar-refractivity contribution >= 4 is 23.5 Å². The van der Waals surface area contributed by atoms with Crippen LogP contribution in [0.15, 0.2) is 12.1 Å². The summed E-state index contributed by atoms with van der Waals surface area (Å²) >= 11 is 0. The number of Topliss-reactive ketones (excluding diaryl/α,β-unsaturated/α-hetero) is 1. The maximum atomic E-state index is 13.2. The van der Waals surface area contributed by atoms with E-state index in [1.807, 2.05) is 35.0 Å². The number of methoxy groups -OCH3 is 1. The Kier molecular flexibility index (Phi) is 5.48. The van der Waals surface area contributed by atoms with Gasteiger partial charge in [-0.05, 0) is 25.0 Å². The van der Waals surface area contributed by atoms with Crippen LogP contribution >= 0.6 is 0 Å². The van der Waals surface area contributed by atoms with Crippen molar-refractivity contribution in [1.82, 2.24) is 19.5 Å². The highest BCUT2D eigenvalue weighted by Gasteiger charge is 2.29. The van der Waals surface area contributed by atoms with Gasteiger partial charge in [0.25, 0.3) is 5.36 Å². The zero-order valence-corrected chi connectivity index (χ0v) is 18.8. The number of pyridine rings is 1. The number of piperidine rings is 1. The predicted molar refractivity (Wildman–Crippen MR) is 122 cm³/mol. The maximum absolute atomic E-state index is 13.2. The lowest BCUT2D eigenvalue weighted by Crippen LogP contribution is -2.50. The molecule has 4 heterocycles. The molecule has 5 rings (SSSR count). The molecule has 170 valence electrons. The van der Waals surface area contributed by atoms with Crippen LogP contribution in [-0.2, 0) is 11.8 Å². The molecule has 0 atom stereocenters. The van der Waals surface area contributed by atoms with Gasteiger partial charge in [0.05, 0.1) is 7.11 Å². The molecule has 0 unspecified atom stereocenters. The van der Waals surface area contributed by atoms with Crippen LogP contribution in [0.5, 0.6) is 5.88 Å². The Balaban J connectivity index is 1.49. The highest BCUT2D eigenvalue weighted by atomic mass is 16.5. The molecule has 2 aromatic heterocycles. The van der Waals surface area contributed by atoms with E-state index < -0.39 is 0 Å². The Morgan fingerprint density at radius 2 is 1.91 bits per heavy atom. The van der Waals surface area contributed by atoms with Crippen molar-refractivity contribution in [2.24, 2.45) is 7.05 Å². The van der Waals surface area contributed by atoms with E-state index in [2.05, 4.69) is 9.88 Å². The van der Waals surface area contributed by atoms with Crippen molar-refractivity contribution < 1.29 is 9.53 Å². The van der Waals surface area contributed by atoms with E-state index >= 15 is 0 Å². The van der Waals surface area contributed by atoms with Crippen molar-refractivity contribution in [1.29, 1.82) is 0 Å². The minimum Gasteiger partial charge on any atom is -0.622 e. The highest BCUT2D eigenvalue weighted by molar-refractivity contribution is 5.81. The summed E-state index contributed by atoms with van der Waals surface area (Å²) in [5.41, 5.74) is 1.67. The molecule has 1 aliphatic carbocycles. The van der Waals surface area contributed by atoms with Gasteiger partial charge in [0.1, 0.15) is 28.3 Å². The Morgan fingerprint density at radius 3 is 2.62 bits per heavy atom. The second-order valence-corrected chi connectivity index (χ2v) is 8.92. The number of ketones is 1. The fourth-order valence-corrected chi connectivity index (χ4v) is 5.10. The van der Waals surface area contributed by atoms with Crippen LogP contribution in [-0.4, -0.2) is 47.4 Å². The number of anilines is 2. The summed E-state index contributed by atoms with van der Waals surface area (Å²) in [4.78, 5) is 20.2. The molecular weight excluding hydrogens is 408 g/mol. The number of hydroxylamine groups is 1. The zero-order chi connectivity index (χ0) is 22.2. The highest BCUT2D eigenvalue weighted by Crippen LogP contribution is 2.32. The number of rotatable bonds is 4. The molecule has 0 bridgehead atoms. The molecule has 0 amide bonds. The summed E-state index contributed by atoms with van der Waals surface area (Å²) in [7, 11) is 3.49. The Morgan fingerprint density at radius 1 is 1.16 bits per heavy atom. The van der Waals surface area contributed by atoms with E-state index in [-0.39, 0.29) is 6.67 Å². The van der Waals surface area contributed by atoms with Crippen LogP contribution in [0.2, 0.25) is 0 Å². The number of carbonyl (C=O) groups excluding carboxylic acids is 1. The van der Waals surface area contributed by atoms with Gasteiger partial charge in [0.15, 0.2) is 0 Å². The Hall–Kier alpha value is -3.10. The standard InChI is InChI=1S/C23H30N6O3/c1-26-19-14-28(15-29(31)22(19)21(25-26)16-6-4-3-5-7-16)18-8-9-20(24-23(18)32-2)27-12-10-17(30)11-13-27/h8-9,14,16H,3-7,10-13,15H2,1-2H3. The quantitative estimate of drug-likeness (QED) is 0.524. The monoisotopic (exact) mass is 438 g/mol.